The number of likely N-dealkylation sites (tertiary alicyclic amines) is 1. The molecule has 0 aliphatic carbocycles. The molecule has 0 saturated carbocycles. The van der Waals surface area contributed by atoms with E-state index in [1.165, 1.54) is 0 Å². The molecule has 1 aromatic heterocycles. The van der Waals surface area contributed by atoms with Crippen molar-refractivity contribution in [3.8, 4) is 0 Å². The van der Waals surface area contributed by atoms with E-state index in [0.29, 0.717) is 6.54 Å². The van der Waals surface area contributed by atoms with Crippen LogP contribution >= 0.6 is 0 Å². The van der Waals surface area contributed by atoms with Gasteiger partial charge in [0.1, 0.15) is 0 Å². The summed E-state index contributed by atoms with van der Waals surface area (Å²) >= 11 is 0. The Morgan fingerprint density at radius 3 is 2.58 bits per heavy atom. The van der Waals surface area contributed by atoms with Crippen molar-refractivity contribution in [1.82, 2.24) is 20.2 Å². The highest BCUT2D eigenvalue weighted by molar-refractivity contribution is 5.75. The van der Waals surface area contributed by atoms with Crippen LogP contribution in [0.15, 0.2) is 48.8 Å². The number of amides is 2. The number of nitrogens with one attached hydrogen (secondary N) is 1. The summed E-state index contributed by atoms with van der Waals surface area (Å²) in [6, 6.07) is 11.8. The SMILES string of the molecule is O=C(NCc1ccccc1)N1CC2(CCN(c3ncccn3)C2)C1. The lowest BCUT2D eigenvalue weighted by molar-refractivity contribution is 0.0490. The number of rotatable bonds is 3. The quantitative estimate of drug-likeness (QED) is 0.937. The van der Waals surface area contributed by atoms with Crippen molar-refractivity contribution >= 4 is 12.0 Å². The summed E-state index contributed by atoms with van der Waals surface area (Å²) < 4.78 is 0. The number of carbonyl (C=O) groups is 1. The van der Waals surface area contributed by atoms with Gasteiger partial charge in [-0.3, -0.25) is 0 Å². The van der Waals surface area contributed by atoms with Crippen molar-refractivity contribution in [2.24, 2.45) is 5.41 Å². The van der Waals surface area contributed by atoms with Gasteiger partial charge in [0, 0.05) is 50.5 Å². The molecule has 0 unspecified atom stereocenters. The fourth-order valence-corrected chi connectivity index (χ4v) is 3.61. The number of hydrogen-bond donors (Lipinski definition) is 1. The molecule has 1 aromatic carbocycles. The van der Waals surface area contributed by atoms with Gasteiger partial charge in [0.15, 0.2) is 0 Å². The third-order valence-corrected chi connectivity index (χ3v) is 4.90. The van der Waals surface area contributed by atoms with Gasteiger partial charge in [-0.1, -0.05) is 30.3 Å². The molecule has 2 saturated heterocycles. The Kier molecular flexibility index (Phi) is 3.80. The van der Waals surface area contributed by atoms with E-state index in [1.807, 2.05) is 41.3 Å². The predicted molar refractivity (Wildman–Crippen MR) is 91.5 cm³/mol. The minimum atomic E-state index is 0.0267. The first-order valence-electron chi connectivity index (χ1n) is 8.33. The molecular formula is C18H21N5O. The van der Waals surface area contributed by atoms with E-state index in [2.05, 4.69) is 20.2 Å². The first-order chi connectivity index (χ1) is 11.7. The Bertz CT molecular complexity index is 700. The largest absolute Gasteiger partial charge is 0.340 e. The third kappa shape index (κ3) is 2.91. The van der Waals surface area contributed by atoms with Crippen LogP contribution in [0.3, 0.4) is 0 Å². The normalized spacial score (nSPS) is 18.5. The molecule has 24 heavy (non-hydrogen) atoms. The summed E-state index contributed by atoms with van der Waals surface area (Å²) in [7, 11) is 0. The summed E-state index contributed by atoms with van der Waals surface area (Å²) in [6.07, 6.45) is 4.64. The van der Waals surface area contributed by atoms with E-state index in [0.717, 1.165) is 44.1 Å². The molecule has 0 bridgehead atoms. The van der Waals surface area contributed by atoms with Gasteiger partial charge in [0.2, 0.25) is 5.95 Å². The second-order valence-electron chi connectivity index (χ2n) is 6.72. The summed E-state index contributed by atoms with van der Waals surface area (Å²) in [4.78, 5) is 25.0. The van der Waals surface area contributed by atoms with Gasteiger partial charge in [-0.15, -0.1) is 0 Å². The minimum Gasteiger partial charge on any atom is -0.340 e. The lowest BCUT2D eigenvalue weighted by Gasteiger charge is -2.47. The molecule has 6 nitrogen and oxygen atoms in total. The van der Waals surface area contributed by atoms with Crippen LogP contribution in [0.1, 0.15) is 12.0 Å². The Labute approximate surface area is 141 Å². The Morgan fingerprint density at radius 1 is 1.08 bits per heavy atom. The molecule has 2 amide bonds. The molecular weight excluding hydrogens is 302 g/mol. The van der Waals surface area contributed by atoms with E-state index in [1.54, 1.807) is 12.4 Å². The van der Waals surface area contributed by atoms with Crippen molar-refractivity contribution in [2.45, 2.75) is 13.0 Å². The molecule has 1 spiro atoms. The number of anilines is 1. The van der Waals surface area contributed by atoms with Crippen LogP contribution < -0.4 is 10.2 Å². The number of nitrogens with zero attached hydrogens (tertiary/aromatic N) is 4. The van der Waals surface area contributed by atoms with Crippen LogP contribution in [0.4, 0.5) is 10.7 Å². The van der Waals surface area contributed by atoms with Crippen LogP contribution in [0.25, 0.3) is 0 Å². The summed E-state index contributed by atoms with van der Waals surface area (Å²) in [5.41, 5.74) is 1.33. The number of carbonyl (C=O) groups excluding carboxylic acids is 1. The molecule has 2 aromatic rings. The maximum atomic E-state index is 12.3. The molecule has 3 heterocycles. The average Bonchev–Trinajstić information content (AvgIpc) is 3.06. The van der Waals surface area contributed by atoms with Crippen LogP contribution in [-0.2, 0) is 6.54 Å². The average molecular weight is 323 g/mol. The zero-order valence-electron chi connectivity index (χ0n) is 13.6. The fraction of sp³-hybridized carbons (Fsp3) is 0.389. The molecule has 0 radical (unpaired) electrons. The molecule has 4 rings (SSSR count). The topological polar surface area (TPSA) is 61.4 Å². The van der Waals surface area contributed by atoms with Gasteiger partial charge in [0.05, 0.1) is 0 Å². The highest BCUT2D eigenvalue weighted by Crippen LogP contribution is 2.40. The molecule has 0 atom stereocenters. The van der Waals surface area contributed by atoms with Crippen LogP contribution in [0, 0.1) is 5.41 Å². The number of benzene rings is 1. The van der Waals surface area contributed by atoms with Crippen molar-refractivity contribution in [1.29, 1.82) is 0 Å². The predicted octanol–water partition coefficient (Wildman–Crippen LogP) is 1.90. The first-order valence-corrected chi connectivity index (χ1v) is 8.33. The van der Waals surface area contributed by atoms with E-state index in [4.69, 9.17) is 0 Å². The summed E-state index contributed by atoms with van der Waals surface area (Å²) in [5, 5.41) is 3.00. The molecule has 6 heteroatoms. The number of urea groups is 1. The highest BCUT2D eigenvalue weighted by Gasteiger charge is 2.49. The summed E-state index contributed by atoms with van der Waals surface area (Å²) in [5.74, 6) is 0.793. The first kappa shape index (κ1) is 14.9. The standard InChI is InChI=1S/C18H21N5O/c24-17(21-11-15-5-2-1-3-6-15)23-13-18(14-23)7-10-22(12-18)16-19-8-4-9-20-16/h1-6,8-9H,7,10-14H2,(H,21,24). The second kappa shape index (κ2) is 6.11. The zero-order valence-corrected chi connectivity index (χ0v) is 13.6. The molecule has 1 N–H and O–H groups in total. The van der Waals surface area contributed by atoms with Crippen LogP contribution in [-0.4, -0.2) is 47.1 Å². The number of aromatic nitrogens is 2. The van der Waals surface area contributed by atoms with Crippen LogP contribution in [0.2, 0.25) is 0 Å². The van der Waals surface area contributed by atoms with E-state index >= 15 is 0 Å². The molecule has 2 fully saturated rings. The minimum absolute atomic E-state index is 0.0267. The molecule has 2 aliphatic rings. The Balaban J connectivity index is 1.28. The van der Waals surface area contributed by atoms with E-state index < -0.39 is 0 Å². The van der Waals surface area contributed by atoms with E-state index in [9.17, 15) is 4.79 Å². The molecule has 2 aliphatic heterocycles. The lowest BCUT2D eigenvalue weighted by Crippen LogP contribution is -2.61. The number of hydrogen-bond acceptors (Lipinski definition) is 4. The lowest BCUT2D eigenvalue weighted by atomic mass is 9.79. The van der Waals surface area contributed by atoms with Gasteiger partial charge >= 0.3 is 6.03 Å². The van der Waals surface area contributed by atoms with Gasteiger partial charge in [0.25, 0.3) is 0 Å². The van der Waals surface area contributed by atoms with E-state index in [-0.39, 0.29) is 11.4 Å². The van der Waals surface area contributed by atoms with Crippen molar-refractivity contribution < 1.29 is 4.79 Å². The monoisotopic (exact) mass is 323 g/mol. The second-order valence-corrected chi connectivity index (χ2v) is 6.72. The van der Waals surface area contributed by atoms with Gasteiger partial charge in [-0.05, 0) is 18.1 Å². The summed E-state index contributed by atoms with van der Waals surface area (Å²) in [6.45, 7) is 4.10. The van der Waals surface area contributed by atoms with Crippen molar-refractivity contribution in [2.75, 3.05) is 31.1 Å². The smallest absolute Gasteiger partial charge is 0.317 e. The van der Waals surface area contributed by atoms with Gasteiger partial charge in [-0.25, -0.2) is 14.8 Å². The third-order valence-electron chi connectivity index (χ3n) is 4.90. The van der Waals surface area contributed by atoms with Gasteiger partial charge < -0.3 is 15.1 Å². The highest BCUT2D eigenvalue weighted by atomic mass is 16.2. The maximum Gasteiger partial charge on any atom is 0.317 e. The Hall–Kier alpha value is -2.63. The molecule has 124 valence electrons. The zero-order chi connectivity index (χ0) is 16.4. The van der Waals surface area contributed by atoms with Crippen molar-refractivity contribution in [3.63, 3.8) is 0 Å². The van der Waals surface area contributed by atoms with Gasteiger partial charge in [-0.2, -0.15) is 0 Å². The van der Waals surface area contributed by atoms with Crippen LogP contribution in [0.5, 0.6) is 0 Å². The maximum absolute atomic E-state index is 12.3. The fourth-order valence-electron chi connectivity index (χ4n) is 3.61. The Morgan fingerprint density at radius 2 is 1.83 bits per heavy atom. The van der Waals surface area contributed by atoms with Crippen molar-refractivity contribution in [3.05, 3.63) is 54.4 Å².